The second kappa shape index (κ2) is 5.89. The second-order valence-electron chi connectivity index (χ2n) is 4.75. The van der Waals surface area contributed by atoms with E-state index < -0.39 is 0 Å². The fourth-order valence-electron chi connectivity index (χ4n) is 2.18. The molecule has 0 aliphatic rings. The number of ether oxygens (including phenoxy) is 2. The molecule has 21 heavy (non-hydrogen) atoms. The Bertz CT molecular complexity index is 702. The minimum Gasteiger partial charge on any atom is -0.493 e. The zero-order chi connectivity index (χ0) is 14.7. The summed E-state index contributed by atoms with van der Waals surface area (Å²) in [4.78, 5) is 0. The summed E-state index contributed by atoms with van der Waals surface area (Å²) in [6, 6.07) is 16.9. The Morgan fingerprint density at radius 3 is 2.52 bits per heavy atom. The van der Waals surface area contributed by atoms with Crippen LogP contribution < -0.4 is 15.2 Å². The van der Waals surface area contributed by atoms with Crippen LogP contribution in [0.2, 0.25) is 0 Å². The van der Waals surface area contributed by atoms with Gasteiger partial charge in [-0.2, -0.15) is 0 Å². The van der Waals surface area contributed by atoms with Crippen LogP contribution in [0.4, 0.5) is 0 Å². The quantitative estimate of drug-likeness (QED) is 0.778. The molecular weight excluding hydrogens is 266 g/mol. The predicted molar refractivity (Wildman–Crippen MR) is 81.6 cm³/mol. The zero-order valence-electron chi connectivity index (χ0n) is 11.8. The number of para-hydroxylation sites is 3. The van der Waals surface area contributed by atoms with Crippen molar-refractivity contribution in [3.8, 4) is 11.5 Å². The third kappa shape index (κ3) is 2.85. The highest BCUT2D eigenvalue weighted by Gasteiger charge is 2.13. The highest BCUT2D eigenvalue weighted by molar-refractivity contribution is 5.77. The lowest BCUT2D eigenvalue weighted by Gasteiger charge is -2.13. The van der Waals surface area contributed by atoms with Gasteiger partial charge in [0.05, 0.1) is 13.2 Å². The van der Waals surface area contributed by atoms with Gasteiger partial charge in [0.15, 0.2) is 11.5 Å². The first kappa shape index (κ1) is 13.5. The first-order chi connectivity index (χ1) is 10.3. The van der Waals surface area contributed by atoms with Crippen molar-refractivity contribution in [2.45, 2.75) is 6.04 Å². The zero-order valence-corrected chi connectivity index (χ0v) is 11.8. The smallest absolute Gasteiger partial charge is 0.161 e. The van der Waals surface area contributed by atoms with Crippen molar-refractivity contribution < 1.29 is 13.9 Å². The molecule has 0 fully saturated rings. The van der Waals surface area contributed by atoms with Crippen molar-refractivity contribution in [3.63, 3.8) is 0 Å². The molecule has 0 saturated heterocycles. The fourth-order valence-corrected chi connectivity index (χ4v) is 2.18. The van der Waals surface area contributed by atoms with E-state index in [2.05, 4.69) is 0 Å². The van der Waals surface area contributed by atoms with Crippen LogP contribution in [0, 0.1) is 0 Å². The van der Waals surface area contributed by atoms with Crippen molar-refractivity contribution in [3.05, 3.63) is 60.4 Å². The Morgan fingerprint density at radius 1 is 1.05 bits per heavy atom. The first-order valence-corrected chi connectivity index (χ1v) is 6.78. The van der Waals surface area contributed by atoms with Crippen molar-refractivity contribution in [2.75, 3.05) is 13.7 Å². The van der Waals surface area contributed by atoms with Crippen LogP contribution in [0.15, 0.2) is 59.0 Å². The van der Waals surface area contributed by atoms with Gasteiger partial charge in [-0.15, -0.1) is 0 Å². The molecule has 3 rings (SSSR count). The average Bonchev–Trinajstić information content (AvgIpc) is 2.97. The number of nitrogens with two attached hydrogens (primary N) is 1. The Labute approximate surface area is 123 Å². The van der Waals surface area contributed by atoms with Crippen molar-refractivity contribution in [1.29, 1.82) is 0 Å². The van der Waals surface area contributed by atoms with Gasteiger partial charge in [0.2, 0.25) is 0 Å². The second-order valence-corrected chi connectivity index (χ2v) is 4.75. The summed E-state index contributed by atoms with van der Waals surface area (Å²) in [5.74, 6) is 2.08. The summed E-state index contributed by atoms with van der Waals surface area (Å²) < 4.78 is 16.7. The van der Waals surface area contributed by atoms with E-state index in [1.54, 1.807) is 7.11 Å². The molecule has 1 aromatic heterocycles. The Morgan fingerprint density at radius 2 is 1.76 bits per heavy atom. The molecule has 2 aromatic carbocycles. The Hall–Kier alpha value is -2.46. The maximum absolute atomic E-state index is 6.14. The minimum atomic E-state index is -0.331. The molecule has 0 saturated carbocycles. The van der Waals surface area contributed by atoms with E-state index >= 15 is 0 Å². The molecule has 0 aliphatic heterocycles. The molecule has 0 amide bonds. The molecule has 2 N–H and O–H groups in total. The van der Waals surface area contributed by atoms with Gasteiger partial charge in [-0.25, -0.2) is 0 Å². The number of methoxy groups -OCH3 is 1. The Kier molecular flexibility index (Phi) is 3.79. The van der Waals surface area contributed by atoms with Gasteiger partial charge < -0.3 is 19.6 Å². The van der Waals surface area contributed by atoms with Crippen LogP contribution in [0.5, 0.6) is 11.5 Å². The predicted octanol–water partition coefficient (Wildman–Crippen LogP) is 3.52. The third-order valence-electron chi connectivity index (χ3n) is 3.30. The molecule has 1 heterocycles. The number of rotatable bonds is 5. The van der Waals surface area contributed by atoms with Crippen LogP contribution in [-0.4, -0.2) is 13.7 Å². The number of benzene rings is 2. The van der Waals surface area contributed by atoms with Gasteiger partial charge >= 0.3 is 0 Å². The summed E-state index contributed by atoms with van der Waals surface area (Å²) in [7, 11) is 1.61. The van der Waals surface area contributed by atoms with Gasteiger partial charge in [-0.3, -0.25) is 0 Å². The van der Waals surface area contributed by atoms with E-state index in [9.17, 15) is 0 Å². The van der Waals surface area contributed by atoms with Crippen LogP contribution >= 0.6 is 0 Å². The molecule has 3 aromatic rings. The van der Waals surface area contributed by atoms with Gasteiger partial charge in [-0.05, 0) is 24.3 Å². The highest BCUT2D eigenvalue weighted by Crippen LogP contribution is 2.28. The molecule has 0 aliphatic carbocycles. The third-order valence-corrected chi connectivity index (χ3v) is 3.30. The van der Waals surface area contributed by atoms with Gasteiger partial charge in [0, 0.05) is 5.39 Å². The summed E-state index contributed by atoms with van der Waals surface area (Å²) in [5, 5.41) is 1.04. The van der Waals surface area contributed by atoms with Crippen molar-refractivity contribution >= 4 is 11.0 Å². The lowest BCUT2D eigenvalue weighted by Crippen LogP contribution is -2.18. The Balaban J connectivity index is 1.72. The molecule has 4 heteroatoms. The van der Waals surface area contributed by atoms with E-state index in [4.69, 9.17) is 19.6 Å². The number of hydrogen-bond donors (Lipinski definition) is 1. The highest BCUT2D eigenvalue weighted by atomic mass is 16.5. The van der Waals surface area contributed by atoms with Crippen LogP contribution in [0.3, 0.4) is 0 Å². The minimum absolute atomic E-state index is 0.320. The standard InChI is InChI=1S/C17H17NO3/c1-19-15-8-4-5-9-16(15)20-11-13(18)17-10-12-6-2-3-7-14(12)21-17/h2-10,13H,11,18H2,1H3. The van der Waals surface area contributed by atoms with E-state index in [1.807, 2.05) is 54.6 Å². The molecule has 0 bridgehead atoms. The number of fused-ring (bicyclic) bond motifs is 1. The lowest BCUT2D eigenvalue weighted by molar-refractivity contribution is 0.261. The van der Waals surface area contributed by atoms with Gasteiger partial charge in [0.25, 0.3) is 0 Å². The van der Waals surface area contributed by atoms with Crippen LogP contribution in [-0.2, 0) is 0 Å². The molecular formula is C17H17NO3. The van der Waals surface area contributed by atoms with E-state index in [-0.39, 0.29) is 6.04 Å². The lowest BCUT2D eigenvalue weighted by atomic mass is 10.2. The van der Waals surface area contributed by atoms with Crippen molar-refractivity contribution in [2.24, 2.45) is 5.73 Å². The molecule has 108 valence electrons. The summed E-state index contributed by atoms with van der Waals surface area (Å²) in [6.07, 6.45) is 0. The van der Waals surface area contributed by atoms with Gasteiger partial charge in [-0.1, -0.05) is 30.3 Å². The topological polar surface area (TPSA) is 57.6 Å². The largest absolute Gasteiger partial charge is 0.493 e. The normalized spacial score (nSPS) is 12.3. The van der Waals surface area contributed by atoms with Crippen molar-refractivity contribution in [1.82, 2.24) is 0 Å². The molecule has 4 nitrogen and oxygen atoms in total. The average molecular weight is 283 g/mol. The van der Waals surface area contributed by atoms with Gasteiger partial charge in [0.1, 0.15) is 18.0 Å². The van der Waals surface area contributed by atoms with E-state index in [0.29, 0.717) is 23.9 Å². The summed E-state index contributed by atoms with van der Waals surface area (Å²) in [5.41, 5.74) is 6.97. The van der Waals surface area contributed by atoms with Crippen LogP contribution in [0.1, 0.15) is 11.8 Å². The molecule has 0 spiro atoms. The van der Waals surface area contributed by atoms with Crippen LogP contribution in [0.25, 0.3) is 11.0 Å². The monoisotopic (exact) mass is 283 g/mol. The molecule has 0 radical (unpaired) electrons. The van der Waals surface area contributed by atoms with E-state index in [1.165, 1.54) is 0 Å². The maximum Gasteiger partial charge on any atom is 0.161 e. The maximum atomic E-state index is 6.14. The number of hydrogen-bond acceptors (Lipinski definition) is 4. The summed E-state index contributed by atoms with van der Waals surface area (Å²) >= 11 is 0. The molecule has 1 atom stereocenters. The molecule has 1 unspecified atom stereocenters. The fraction of sp³-hybridized carbons (Fsp3) is 0.176. The SMILES string of the molecule is COc1ccccc1OCC(N)c1cc2ccccc2o1. The number of furan rings is 1. The van der Waals surface area contributed by atoms with E-state index in [0.717, 1.165) is 11.0 Å². The first-order valence-electron chi connectivity index (χ1n) is 6.78. The summed E-state index contributed by atoms with van der Waals surface area (Å²) in [6.45, 7) is 0.320.